The Morgan fingerprint density at radius 1 is 1.38 bits per heavy atom. The fourth-order valence-corrected chi connectivity index (χ4v) is 2.61. The van der Waals surface area contributed by atoms with Gasteiger partial charge < -0.3 is 10.5 Å². The molecule has 21 heavy (non-hydrogen) atoms. The number of hydrogen-bond acceptors (Lipinski definition) is 5. The van der Waals surface area contributed by atoms with Gasteiger partial charge in [-0.3, -0.25) is 0 Å². The van der Waals surface area contributed by atoms with E-state index in [0.29, 0.717) is 33.7 Å². The predicted molar refractivity (Wildman–Crippen MR) is 83.5 cm³/mol. The third-order valence-corrected chi connectivity index (χ3v) is 3.91. The zero-order valence-electron chi connectivity index (χ0n) is 11.9. The van der Waals surface area contributed by atoms with E-state index in [1.807, 2.05) is 0 Å². The largest absolute Gasteiger partial charge is 0.399 e. The molecule has 0 saturated carbocycles. The molecule has 1 heterocycles. The summed E-state index contributed by atoms with van der Waals surface area (Å²) in [5, 5.41) is 12.6. The number of rotatable bonds is 6. The van der Waals surface area contributed by atoms with Gasteiger partial charge >= 0.3 is 0 Å². The van der Waals surface area contributed by atoms with Crippen LogP contribution in [0.5, 0.6) is 0 Å². The summed E-state index contributed by atoms with van der Waals surface area (Å²) in [6.07, 6.45) is 1.87. The van der Waals surface area contributed by atoms with Gasteiger partial charge in [0.25, 0.3) is 0 Å². The van der Waals surface area contributed by atoms with Crippen molar-refractivity contribution in [3.63, 3.8) is 0 Å². The quantitative estimate of drug-likeness (QED) is 0.823. The van der Waals surface area contributed by atoms with E-state index >= 15 is 0 Å². The number of tetrazole rings is 1. The molecule has 1 aromatic heterocycles. The molecule has 0 radical (unpaired) electrons. The van der Waals surface area contributed by atoms with E-state index in [1.165, 1.54) is 0 Å². The summed E-state index contributed by atoms with van der Waals surface area (Å²) >= 11 is 12.3. The molecular weight excluding hydrogens is 313 g/mol. The lowest BCUT2D eigenvalue weighted by atomic mass is 10.1. The normalized spacial score (nSPS) is 12.6. The standard InChI is InChI=1S/C13H17Cl2N5O/c1-3-4-9(7-21-2)20-13(17-18-19-20)10-5-8(16)6-11(14)12(10)15/h5-6,9H,3-4,7,16H2,1-2H3. The van der Waals surface area contributed by atoms with E-state index < -0.39 is 0 Å². The minimum Gasteiger partial charge on any atom is -0.399 e. The fraction of sp³-hybridized carbons (Fsp3) is 0.462. The number of hydrogen-bond donors (Lipinski definition) is 1. The van der Waals surface area contributed by atoms with Crippen LogP contribution in [0.3, 0.4) is 0 Å². The summed E-state index contributed by atoms with van der Waals surface area (Å²) in [4.78, 5) is 0. The molecule has 0 saturated heterocycles. The first-order valence-electron chi connectivity index (χ1n) is 6.60. The molecule has 2 aromatic rings. The Bertz CT molecular complexity index is 611. The minimum absolute atomic E-state index is 0.0290. The molecular formula is C13H17Cl2N5O. The topological polar surface area (TPSA) is 78.8 Å². The van der Waals surface area contributed by atoms with Crippen molar-refractivity contribution in [3.05, 3.63) is 22.2 Å². The number of aromatic nitrogens is 4. The number of halogens is 2. The number of nitrogen functional groups attached to an aromatic ring is 1. The van der Waals surface area contributed by atoms with Crippen LogP contribution < -0.4 is 5.73 Å². The zero-order valence-corrected chi connectivity index (χ0v) is 13.4. The van der Waals surface area contributed by atoms with Crippen molar-refractivity contribution < 1.29 is 4.74 Å². The summed E-state index contributed by atoms with van der Waals surface area (Å²) in [7, 11) is 1.65. The van der Waals surface area contributed by atoms with E-state index in [0.717, 1.165) is 12.8 Å². The van der Waals surface area contributed by atoms with Gasteiger partial charge in [-0.1, -0.05) is 36.5 Å². The van der Waals surface area contributed by atoms with Crippen LogP contribution in [-0.4, -0.2) is 33.9 Å². The summed E-state index contributed by atoms with van der Waals surface area (Å²) in [6.45, 7) is 2.61. The molecule has 6 nitrogen and oxygen atoms in total. The molecule has 1 aromatic carbocycles. The average Bonchev–Trinajstić information content (AvgIpc) is 2.91. The van der Waals surface area contributed by atoms with Gasteiger partial charge in [-0.25, -0.2) is 4.68 Å². The number of benzene rings is 1. The lowest BCUT2D eigenvalue weighted by Gasteiger charge is -2.17. The van der Waals surface area contributed by atoms with Gasteiger partial charge in [0.2, 0.25) is 0 Å². The highest BCUT2D eigenvalue weighted by atomic mass is 35.5. The first-order valence-corrected chi connectivity index (χ1v) is 7.35. The summed E-state index contributed by atoms with van der Waals surface area (Å²) < 4.78 is 6.96. The Balaban J connectivity index is 2.49. The monoisotopic (exact) mass is 329 g/mol. The second-order valence-corrected chi connectivity index (χ2v) is 5.49. The molecule has 0 spiro atoms. The van der Waals surface area contributed by atoms with Crippen LogP contribution >= 0.6 is 23.2 Å². The Morgan fingerprint density at radius 2 is 2.14 bits per heavy atom. The lowest BCUT2D eigenvalue weighted by Crippen LogP contribution is -2.17. The van der Waals surface area contributed by atoms with Gasteiger partial charge in [-0.05, 0) is 29.0 Å². The molecule has 0 aliphatic heterocycles. The van der Waals surface area contributed by atoms with E-state index in [4.69, 9.17) is 33.7 Å². The molecule has 0 aliphatic rings. The maximum absolute atomic E-state index is 6.26. The van der Waals surface area contributed by atoms with Gasteiger partial charge in [0.05, 0.1) is 22.7 Å². The van der Waals surface area contributed by atoms with E-state index in [-0.39, 0.29) is 6.04 Å². The van der Waals surface area contributed by atoms with E-state index in [9.17, 15) is 0 Å². The van der Waals surface area contributed by atoms with Crippen molar-refractivity contribution in [2.75, 3.05) is 19.5 Å². The predicted octanol–water partition coefficient (Wildman–Crippen LogP) is 3.22. The van der Waals surface area contributed by atoms with Gasteiger partial charge in [-0.2, -0.15) is 0 Å². The first-order chi connectivity index (χ1) is 10.1. The number of ether oxygens (including phenoxy) is 1. The second kappa shape index (κ2) is 7.06. The Hall–Kier alpha value is -1.37. The Kier molecular flexibility index (Phi) is 5.39. The van der Waals surface area contributed by atoms with Crippen LogP contribution in [0.2, 0.25) is 10.0 Å². The van der Waals surface area contributed by atoms with E-state index in [1.54, 1.807) is 23.9 Å². The van der Waals surface area contributed by atoms with Crippen molar-refractivity contribution >= 4 is 28.9 Å². The smallest absolute Gasteiger partial charge is 0.184 e. The Morgan fingerprint density at radius 3 is 2.81 bits per heavy atom. The zero-order chi connectivity index (χ0) is 15.4. The number of nitrogens with two attached hydrogens (primary N) is 1. The average molecular weight is 330 g/mol. The third kappa shape index (κ3) is 3.45. The number of anilines is 1. The first kappa shape index (κ1) is 16.0. The number of nitrogens with zero attached hydrogens (tertiary/aromatic N) is 4. The molecule has 0 aliphatic carbocycles. The van der Waals surface area contributed by atoms with Crippen molar-refractivity contribution in [1.29, 1.82) is 0 Å². The highest BCUT2D eigenvalue weighted by molar-refractivity contribution is 6.43. The van der Waals surface area contributed by atoms with E-state index in [2.05, 4.69) is 22.4 Å². The molecule has 2 rings (SSSR count). The maximum Gasteiger partial charge on any atom is 0.184 e. The molecule has 114 valence electrons. The van der Waals surface area contributed by atoms with Crippen molar-refractivity contribution in [1.82, 2.24) is 20.2 Å². The van der Waals surface area contributed by atoms with Crippen LogP contribution in [-0.2, 0) is 4.74 Å². The van der Waals surface area contributed by atoms with Crippen LogP contribution in [0, 0.1) is 0 Å². The van der Waals surface area contributed by atoms with Crippen molar-refractivity contribution in [2.45, 2.75) is 25.8 Å². The van der Waals surface area contributed by atoms with Crippen molar-refractivity contribution in [2.24, 2.45) is 0 Å². The third-order valence-electron chi connectivity index (χ3n) is 3.11. The van der Waals surface area contributed by atoms with Crippen LogP contribution in [0.25, 0.3) is 11.4 Å². The summed E-state index contributed by atoms with van der Waals surface area (Å²) in [6, 6.07) is 3.34. The second-order valence-electron chi connectivity index (χ2n) is 4.71. The van der Waals surface area contributed by atoms with Gasteiger partial charge in [0, 0.05) is 18.4 Å². The lowest BCUT2D eigenvalue weighted by molar-refractivity contribution is 0.144. The Labute approximate surface area is 133 Å². The molecule has 1 atom stereocenters. The van der Waals surface area contributed by atoms with Gasteiger partial charge in [0.1, 0.15) is 0 Å². The maximum atomic E-state index is 6.26. The van der Waals surface area contributed by atoms with Crippen molar-refractivity contribution in [3.8, 4) is 11.4 Å². The molecule has 0 fully saturated rings. The molecule has 0 amide bonds. The SMILES string of the molecule is CCCC(COC)n1nnnc1-c1cc(N)cc(Cl)c1Cl. The highest BCUT2D eigenvalue weighted by Crippen LogP contribution is 2.35. The summed E-state index contributed by atoms with van der Waals surface area (Å²) in [5.41, 5.74) is 6.95. The number of methoxy groups -OCH3 is 1. The summed E-state index contributed by atoms with van der Waals surface area (Å²) in [5.74, 6) is 0.532. The molecule has 2 N–H and O–H groups in total. The molecule has 1 unspecified atom stereocenters. The van der Waals surface area contributed by atoms with Crippen LogP contribution in [0.15, 0.2) is 12.1 Å². The highest BCUT2D eigenvalue weighted by Gasteiger charge is 2.21. The van der Waals surface area contributed by atoms with Gasteiger partial charge in [-0.15, -0.1) is 5.10 Å². The van der Waals surface area contributed by atoms with Crippen LogP contribution in [0.1, 0.15) is 25.8 Å². The minimum atomic E-state index is 0.0290. The van der Waals surface area contributed by atoms with Gasteiger partial charge in [0.15, 0.2) is 5.82 Å². The fourth-order valence-electron chi connectivity index (χ4n) is 2.19. The molecule has 8 heteroatoms. The van der Waals surface area contributed by atoms with Crippen LogP contribution in [0.4, 0.5) is 5.69 Å². The molecule has 0 bridgehead atoms.